The maximum Gasteiger partial charge on any atom is 0.164 e. The average Bonchev–Trinajstić information content (AvgIpc) is 2.11. The molecule has 2 N–H and O–H groups in total. The van der Waals surface area contributed by atoms with E-state index in [2.05, 4.69) is 0 Å². The first-order chi connectivity index (χ1) is 6.37. The number of nitrogens with zero attached hydrogens (tertiary/aromatic N) is 1. The molecule has 1 aromatic carbocycles. The molecule has 0 aliphatic rings. The largest absolute Gasteiger partial charge is 0.397 e. The van der Waals surface area contributed by atoms with Crippen molar-refractivity contribution in [1.29, 1.82) is 0 Å². The van der Waals surface area contributed by atoms with Crippen molar-refractivity contribution in [3.8, 4) is 0 Å². The van der Waals surface area contributed by atoms with E-state index in [-0.39, 0.29) is 5.56 Å². The molecule has 0 aromatic heterocycles. The second-order valence-corrected chi connectivity index (χ2v) is 2.87. The second kappa shape index (κ2) is 3.36. The van der Waals surface area contributed by atoms with Crippen LogP contribution >= 0.6 is 0 Å². The molecular formula is C8H8F4N2. The van der Waals surface area contributed by atoms with Crippen LogP contribution in [-0.4, -0.2) is 0 Å². The highest BCUT2D eigenvalue weighted by Gasteiger charge is 2.22. The quantitative estimate of drug-likeness (QED) is 0.436. The third-order valence-electron chi connectivity index (χ3n) is 2.03. The minimum atomic E-state index is -1.32. The van der Waals surface area contributed by atoms with Gasteiger partial charge in [-0.3, -0.25) is 0 Å². The molecule has 78 valence electrons. The molecule has 0 unspecified atom stereocenters. The molecule has 0 spiro atoms. The lowest BCUT2D eigenvalue weighted by atomic mass is 10.1. The van der Waals surface area contributed by atoms with Crippen LogP contribution in [0.3, 0.4) is 0 Å². The zero-order valence-corrected chi connectivity index (χ0v) is 7.54. The normalized spacial score (nSPS) is 10.4. The molecular weight excluding hydrogens is 200 g/mol. The summed E-state index contributed by atoms with van der Waals surface area (Å²) in [6.07, 6.45) is 0. The topological polar surface area (TPSA) is 29.3 Å². The first kappa shape index (κ1) is 10.6. The zero-order valence-electron chi connectivity index (χ0n) is 7.54. The van der Waals surface area contributed by atoms with Gasteiger partial charge in [0.25, 0.3) is 0 Å². The van der Waals surface area contributed by atoms with Gasteiger partial charge < -0.3 is 5.73 Å². The lowest BCUT2D eigenvalue weighted by Crippen LogP contribution is -2.09. The predicted octanol–water partition coefficient (Wildman–Crippen LogP) is 2.74. The van der Waals surface area contributed by atoms with E-state index in [1.807, 2.05) is 0 Å². The third kappa shape index (κ3) is 1.36. The summed E-state index contributed by atoms with van der Waals surface area (Å²) < 4.78 is 50.5. The second-order valence-electron chi connectivity index (χ2n) is 2.87. The molecule has 2 nitrogen and oxygen atoms in total. The van der Waals surface area contributed by atoms with E-state index in [9.17, 15) is 17.7 Å². The molecule has 0 aliphatic heterocycles. The van der Waals surface area contributed by atoms with Crippen molar-refractivity contribution in [1.82, 2.24) is 0 Å². The van der Waals surface area contributed by atoms with Crippen molar-refractivity contribution in [3.05, 3.63) is 22.8 Å². The minimum absolute atomic E-state index is 0.316. The SMILES string of the molecule is Cc1c(N)c(N(F)F)c(C)c(F)c1F. The third-order valence-corrected chi connectivity index (χ3v) is 2.03. The number of anilines is 2. The maximum atomic E-state index is 13.0. The summed E-state index contributed by atoms with van der Waals surface area (Å²) >= 11 is 0. The Morgan fingerprint density at radius 1 is 1.00 bits per heavy atom. The maximum absolute atomic E-state index is 13.0. The summed E-state index contributed by atoms with van der Waals surface area (Å²) in [7, 11) is 0. The highest BCUT2D eigenvalue weighted by Crippen LogP contribution is 2.35. The van der Waals surface area contributed by atoms with Gasteiger partial charge in [-0.1, -0.05) is 8.96 Å². The molecule has 0 bridgehead atoms. The summed E-state index contributed by atoms with van der Waals surface area (Å²) in [5.41, 5.74) is 3.16. The minimum Gasteiger partial charge on any atom is -0.397 e. The fourth-order valence-corrected chi connectivity index (χ4v) is 1.15. The molecule has 0 atom stereocenters. The number of halogens is 4. The Kier molecular flexibility index (Phi) is 2.55. The van der Waals surface area contributed by atoms with Gasteiger partial charge in [-0.2, -0.15) is 0 Å². The smallest absolute Gasteiger partial charge is 0.164 e. The van der Waals surface area contributed by atoms with E-state index < -0.39 is 33.9 Å². The number of hydrogen-bond donors (Lipinski definition) is 1. The Morgan fingerprint density at radius 2 is 1.43 bits per heavy atom. The average molecular weight is 208 g/mol. The van der Waals surface area contributed by atoms with Gasteiger partial charge in [-0.25, -0.2) is 8.78 Å². The highest BCUT2D eigenvalue weighted by atomic mass is 19.4. The van der Waals surface area contributed by atoms with Gasteiger partial charge in [0, 0.05) is 11.1 Å². The van der Waals surface area contributed by atoms with Crippen LogP contribution < -0.4 is 11.1 Å². The number of nitrogens with two attached hydrogens (primary N) is 1. The van der Waals surface area contributed by atoms with Crippen LogP contribution in [0, 0.1) is 25.5 Å². The van der Waals surface area contributed by atoms with Crippen molar-refractivity contribution in [2.45, 2.75) is 13.8 Å². The monoisotopic (exact) mass is 208 g/mol. The Hall–Kier alpha value is -1.46. The number of benzene rings is 1. The van der Waals surface area contributed by atoms with Crippen molar-refractivity contribution in [2.75, 3.05) is 11.1 Å². The lowest BCUT2D eigenvalue weighted by molar-refractivity contribution is 0.234. The molecule has 1 rings (SSSR count). The van der Waals surface area contributed by atoms with Crippen LogP contribution in [0.5, 0.6) is 0 Å². The van der Waals surface area contributed by atoms with Crippen LogP contribution in [0.25, 0.3) is 0 Å². The summed E-state index contributed by atoms with van der Waals surface area (Å²) in [6, 6.07) is 0. The van der Waals surface area contributed by atoms with Gasteiger partial charge in [0.15, 0.2) is 11.6 Å². The van der Waals surface area contributed by atoms with Gasteiger partial charge in [0.1, 0.15) is 5.69 Å². The zero-order chi connectivity index (χ0) is 11.0. The molecule has 0 fully saturated rings. The van der Waals surface area contributed by atoms with Crippen molar-refractivity contribution in [2.24, 2.45) is 0 Å². The first-order valence-corrected chi connectivity index (χ1v) is 3.73. The van der Waals surface area contributed by atoms with E-state index >= 15 is 0 Å². The fourth-order valence-electron chi connectivity index (χ4n) is 1.15. The van der Waals surface area contributed by atoms with Crippen LogP contribution in [0.2, 0.25) is 0 Å². The van der Waals surface area contributed by atoms with Crippen LogP contribution in [-0.2, 0) is 0 Å². The Morgan fingerprint density at radius 3 is 1.86 bits per heavy atom. The fraction of sp³-hybridized carbons (Fsp3) is 0.250. The number of nitrogen functional groups attached to an aromatic ring is 1. The summed E-state index contributed by atoms with van der Waals surface area (Å²) in [6.45, 7) is 2.18. The van der Waals surface area contributed by atoms with Crippen LogP contribution in [0.15, 0.2) is 0 Å². The van der Waals surface area contributed by atoms with Crippen molar-refractivity contribution < 1.29 is 17.7 Å². The van der Waals surface area contributed by atoms with Crippen LogP contribution in [0.1, 0.15) is 11.1 Å². The Balaban J connectivity index is 3.60. The molecule has 0 radical (unpaired) electrons. The first-order valence-electron chi connectivity index (χ1n) is 3.73. The summed E-state index contributed by atoms with van der Waals surface area (Å²) in [5, 5.41) is -1.32. The molecule has 0 saturated heterocycles. The van der Waals surface area contributed by atoms with Gasteiger partial charge in [-0.15, -0.1) is 0 Å². The van der Waals surface area contributed by atoms with E-state index in [4.69, 9.17) is 5.73 Å². The Bertz CT molecular complexity index is 347. The Labute approximate surface area is 77.8 Å². The van der Waals surface area contributed by atoms with E-state index in [0.29, 0.717) is 0 Å². The number of hydrogen-bond acceptors (Lipinski definition) is 2. The molecule has 0 aliphatic carbocycles. The van der Waals surface area contributed by atoms with Crippen molar-refractivity contribution >= 4 is 11.4 Å². The lowest BCUT2D eigenvalue weighted by Gasteiger charge is -2.13. The van der Waals surface area contributed by atoms with Crippen LogP contribution in [0.4, 0.5) is 29.1 Å². The standard InChI is InChI=1S/C8H8F4N2/c1-3-5(9)6(10)4(2)8(7(3)13)14(11)12/h13H2,1-2H3. The summed E-state index contributed by atoms with van der Waals surface area (Å²) in [4.78, 5) is 0. The molecule has 0 amide bonds. The van der Waals surface area contributed by atoms with Gasteiger partial charge in [0.05, 0.1) is 5.69 Å². The van der Waals surface area contributed by atoms with Crippen molar-refractivity contribution in [3.63, 3.8) is 0 Å². The highest BCUT2D eigenvalue weighted by molar-refractivity contribution is 5.73. The van der Waals surface area contributed by atoms with E-state index in [1.54, 1.807) is 0 Å². The van der Waals surface area contributed by atoms with Gasteiger partial charge >= 0.3 is 0 Å². The van der Waals surface area contributed by atoms with E-state index in [0.717, 1.165) is 13.8 Å². The molecule has 0 saturated carbocycles. The van der Waals surface area contributed by atoms with Gasteiger partial charge in [-0.05, 0) is 19.2 Å². The number of rotatable bonds is 1. The summed E-state index contributed by atoms with van der Waals surface area (Å²) in [5.74, 6) is -2.49. The molecule has 14 heavy (non-hydrogen) atoms. The molecule has 6 heteroatoms. The molecule has 0 heterocycles. The predicted molar refractivity (Wildman–Crippen MR) is 44.9 cm³/mol. The van der Waals surface area contributed by atoms with Gasteiger partial charge in [0.2, 0.25) is 0 Å². The van der Waals surface area contributed by atoms with E-state index in [1.165, 1.54) is 0 Å². The molecule has 1 aromatic rings.